The van der Waals surface area contributed by atoms with Gasteiger partial charge in [-0.2, -0.15) is 0 Å². The van der Waals surface area contributed by atoms with Crippen LogP contribution >= 0.6 is 11.6 Å². The molecule has 1 aliphatic carbocycles. The number of carbonyl (C=O) groups excluding carboxylic acids is 2. The summed E-state index contributed by atoms with van der Waals surface area (Å²) >= 11 is 6.05. The monoisotopic (exact) mass is 383 g/mol. The second kappa shape index (κ2) is 8.18. The molecular formula is C21H18ClNO4. The van der Waals surface area contributed by atoms with E-state index in [0.29, 0.717) is 29.1 Å². The summed E-state index contributed by atoms with van der Waals surface area (Å²) in [6.45, 7) is 0. The van der Waals surface area contributed by atoms with Crippen molar-refractivity contribution in [1.29, 1.82) is 0 Å². The number of carboxylic acids is 1. The van der Waals surface area contributed by atoms with Crippen molar-refractivity contribution in [3.8, 4) is 0 Å². The first-order valence-electron chi connectivity index (χ1n) is 8.55. The second-order valence-electron chi connectivity index (χ2n) is 6.37. The first-order valence-corrected chi connectivity index (χ1v) is 8.93. The van der Waals surface area contributed by atoms with E-state index in [9.17, 15) is 19.5 Å². The fourth-order valence-electron chi connectivity index (χ4n) is 3.16. The zero-order chi connectivity index (χ0) is 19.4. The Hall–Kier alpha value is -2.92. The summed E-state index contributed by atoms with van der Waals surface area (Å²) in [4.78, 5) is 37.0. The van der Waals surface area contributed by atoms with Crippen molar-refractivity contribution in [3.63, 3.8) is 0 Å². The number of carbonyl (C=O) groups is 3. The molecule has 0 aliphatic heterocycles. The molecule has 2 aromatic rings. The molecule has 0 fully saturated rings. The molecule has 1 amide bonds. The van der Waals surface area contributed by atoms with Gasteiger partial charge in [-0.15, -0.1) is 0 Å². The molecule has 1 aliphatic rings. The minimum atomic E-state index is -1.00. The molecule has 0 radical (unpaired) electrons. The van der Waals surface area contributed by atoms with Crippen molar-refractivity contribution in [1.82, 2.24) is 0 Å². The number of halogens is 1. The molecular weight excluding hydrogens is 366 g/mol. The molecule has 6 heteroatoms. The third-order valence-electron chi connectivity index (χ3n) is 4.61. The summed E-state index contributed by atoms with van der Waals surface area (Å²) in [6.07, 6.45) is 4.24. The Morgan fingerprint density at radius 2 is 1.63 bits per heavy atom. The number of allylic oxidation sites excluding steroid dienone is 2. The van der Waals surface area contributed by atoms with Crippen molar-refractivity contribution >= 4 is 34.9 Å². The topological polar surface area (TPSA) is 83.5 Å². The number of hydrogen-bond acceptors (Lipinski definition) is 3. The molecule has 138 valence electrons. The van der Waals surface area contributed by atoms with Crippen LogP contribution in [0.5, 0.6) is 0 Å². The summed E-state index contributed by atoms with van der Waals surface area (Å²) in [5, 5.41) is 12.5. The van der Waals surface area contributed by atoms with Crippen molar-refractivity contribution in [2.45, 2.75) is 12.8 Å². The van der Waals surface area contributed by atoms with E-state index >= 15 is 0 Å². The van der Waals surface area contributed by atoms with E-state index in [1.165, 1.54) is 6.07 Å². The van der Waals surface area contributed by atoms with Gasteiger partial charge in [0.1, 0.15) is 0 Å². The molecule has 3 rings (SSSR count). The van der Waals surface area contributed by atoms with Gasteiger partial charge in [0.15, 0.2) is 5.78 Å². The molecule has 0 spiro atoms. The number of rotatable bonds is 5. The first-order chi connectivity index (χ1) is 13.0. The third kappa shape index (κ3) is 4.26. The van der Waals surface area contributed by atoms with Crippen molar-refractivity contribution in [3.05, 3.63) is 76.8 Å². The minimum absolute atomic E-state index is 0.264. The lowest BCUT2D eigenvalue weighted by Crippen LogP contribution is -2.35. The lowest BCUT2D eigenvalue weighted by atomic mass is 9.82. The molecule has 0 aromatic heterocycles. The number of nitrogens with one attached hydrogen (secondary N) is 1. The van der Waals surface area contributed by atoms with E-state index in [2.05, 4.69) is 5.32 Å². The van der Waals surface area contributed by atoms with Gasteiger partial charge in [-0.25, -0.2) is 0 Å². The van der Waals surface area contributed by atoms with Crippen LogP contribution in [0.4, 0.5) is 5.69 Å². The van der Waals surface area contributed by atoms with Gasteiger partial charge in [0.05, 0.1) is 17.5 Å². The molecule has 2 atom stereocenters. The predicted octanol–water partition coefficient (Wildman–Crippen LogP) is 4.18. The van der Waals surface area contributed by atoms with Crippen molar-refractivity contribution in [2.75, 3.05) is 5.32 Å². The maximum absolute atomic E-state index is 12.8. The van der Waals surface area contributed by atoms with Crippen LogP contribution in [0.25, 0.3) is 0 Å². The Labute approximate surface area is 161 Å². The lowest BCUT2D eigenvalue weighted by Gasteiger charge is -2.24. The van der Waals surface area contributed by atoms with Gasteiger partial charge < -0.3 is 10.4 Å². The maximum Gasteiger partial charge on any atom is 0.307 e. The van der Waals surface area contributed by atoms with Gasteiger partial charge in [0, 0.05) is 16.1 Å². The fourth-order valence-corrected chi connectivity index (χ4v) is 3.33. The van der Waals surface area contributed by atoms with Crippen molar-refractivity contribution < 1.29 is 19.5 Å². The van der Waals surface area contributed by atoms with Gasteiger partial charge >= 0.3 is 5.97 Å². The van der Waals surface area contributed by atoms with Gasteiger partial charge in [-0.3, -0.25) is 14.4 Å². The Balaban J connectivity index is 1.89. The average molecular weight is 384 g/mol. The zero-order valence-electron chi connectivity index (χ0n) is 14.4. The Morgan fingerprint density at radius 1 is 0.963 bits per heavy atom. The van der Waals surface area contributed by atoms with Crippen LogP contribution in [0.2, 0.25) is 5.02 Å². The highest BCUT2D eigenvalue weighted by molar-refractivity contribution is 6.31. The molecule has 0 heterocycles. The van der Waals surface area contributed by atoms with Crippen molar-refractivity contribution in [2.24, 2.45) is 11.8 Å². The van der Waals surface area contributed by atoms with E-state index in [4.69, 9.17) is 11.6 Å². The van der Waals surface area contributed by atoms with E-state index in [-0.39, 0.29) is 11.3 Å². The van der Waals surface area contributed by atoms with Crippen LogP contribution in [0.15, 0.2) is 60.7 Å². The predicted molar refractivity (Wildman–Crippen MR) is 103 cm³/mol. The largest absolute Gasteiger partial charge is 0.481 e. The van der Waals surface area contributed by atoms with Crippen LogP contribution in [-0.2, 0) is 9.59 Å². The molecule has 5 nitrogen and oxygen atoms in total. The highest BCUT2D eigenvalue weighted by Crippen LogP contribution is 2.29. The molecule has 27 heavy (non-hydrogen) atoms. The minimum Gasteiger partial charge on any atom is -0.481 e. The summed E-state index contributed by atoms with van der Waals surface area (Å²) in [6, 6.07) is 13.3. The number of carboxylic acid groups (broad SMARTS) is 1. The quantitative estimate of drug-likeness (QED) is 0.599. The average Bonchev–Trinajstić information content (AvgIpc) is 2.69. The molecule has 0 bridgehead atoms. The van der Waals surface area contributed by atoms with Gasteiger partial charge in [0.2, 0.25) is 5.91 Å². The van der Waals surface area contributed by atoms with Gasteiger partial charge in [0.25, 0.3) is 0 Å². The summed E-state index contributed by atoms with van der Waals surface area (Å²) in [5.74, 6) is -3.17. The zero-order valence-corrected chi connectivity index (χ0v) is 15.1. The number of benzene rings is 2. The normalized spacial score (nSPS) is 18.7. The summed E-state index contributed by atoms with van der Waals surface area (Å²) < 4.78 is 0. The van der Waals surface area contributed by atoms with Gasteiger partial charge in [-0.1, -0.05) is 54.1 Å². The Morgan fingerprint density at radius 3 is 2.30 bits per heavy atom. The van der Waals surface area contributed by atoms with Gasteiger partial charge in [-0.05, 0) is 31.0 Å². The van der Waals surface area contributed by atoms with Crippen LogP contribution in [0.3, 0.4) is 0 Å². The third-order valence-corrected chi connectivity index (χ3v) is 4.84. The Bertz CT molecular complexity index is 908. The molecule has 2 aromatic carbocycles. The van der Waals surface area contributed by atoms with E-state index in [0.717, 1.165) is 0 Å². The van der Waals surface area contributed by atoms with E-state index in [1.807, 2.05) is 6.08 Å². The van der Waals surface area contributed by atoms with Crippen LogP contribution in [0.1, 0.15) is 28.8 Å². The highest BCUT2D eigenvalue weighted by atomic mass is 35.5. The highest BCUT2D eigenvalue weighted by Gasteiger charge is 2.34. The number of ketones is 1. The number of anilines is 1. The van der Waals surface area contributed by atoms with Crippen LogP contribution < -0.4 is 5.32 Å². The molecule has 2 N–H and O–H groups in total. The van der Waals surface area contributed by atoms with E-state index in [1.54, 1.807) is 48.5 Å². The summed E-state index contributed by atoms with van der Waals surface area (Å²) in [7, 11) is 0. The first kappa shape index (κ1) is 18.9. The standard InChI is InChI=1S/C21H18ClNO4/c22-14-10-11-18(17(12-14)19(24)13-6-2-1-3-7-13)23-20(25)15-8-4-5-9-16(15)21(26)27/h1-7,10-12,15-16H,8-9H2,(H,23,25)(H,26,27)/t15-,16-/m1/s1. The Kier molecular flexibility index (Phi) is 5.72. The number of aliphatic carboxylic acids is 1. The fraction of sp³-hybridized carbons (Fsp3) is 0.190. The number of amides is 1. The second-order valence-corrected chi connectivity index (χ2v) is 6.80. The maximum atomic E-state index is 12.8. The summed E-state index contributed by atoms with van der Waals surface area (Å²) in [5.41, 5.74) is 1.05. The molecule has 0 saturated heterocycles. The molecule has 0 saturated carbocycles. The number of hydrogen-bond donors (Lipinski definition) is 2. The van der Waals surface area contributed by atoms with Crippen LogP contribution in [0, 0.1) is 11.8 Å². The van der Waals surface area contributed by atoms with E-state index < -0.39 is 23.7 Å². The lowest BCUT2D eigenvalue weighted by molar-refractivity contribution is -0.146. The van der Waals surface area contributed by atoms with Crippen LogP contribution in [-0.4, -0.2) is 22.8 Å². The SMILES string of the molecule is O=C(c1ccccc1)c1cc(Cl)ccc1NC(=O)[C@@H]1CC=CC[C@H]1C(=O)O. The molecule has 0 unspecified atom stereocenters. The smallest absolute Gasteiger partial charge is 0.307 e.